The molecule has 1 unspecified atom stereocenters. The molecular formula is C14H28N2O2. The molecule has 0 aromatic rings. The van der Waals surface area contributed by atoms with E-state index < -0.39 is 0 Å². The molecule has 1 atom stereocenters. The Morgan fingerprint density at radius 1 is 1.00 bits per heavy atom. The van der Waals surface area contributed by atoms with Crippen LogP contribution in [0.15, 0.2) is 0 Å². The third-order valence-electron chi connectivity index (χ3n) is 4.12. The first-order valence-corrected chi connectivity index (χ1v) is 7.52. The van der Waals surface area contributed by atoms with Crippen LogP contribution in [0.2, 0.25) is 0 Å². The predicted molar refractivity (Wildman–Crippen MR) is 72.7 cm³/mol. The minimum Gasteiger partial charge on any atom is -0.394 e. The highest BCUT2D eigenvalue weighted by atomic mass is 16.5. The third-order valence-corrected chi connectivity index (χ3v) is 4.12. The van der Waals surface area contributed by atoms with Crippen LogP contribution in [0.3, 0.4) is 0 Å². The maximum absolute atomic E-state index is 8.64. The van der Waals surface area contributed by atoms with Crippen molar-refractivity contribution in [3.63, 3.8) is 0 Å². The topological polar surface area (TPSA) is 35.9 Å². The highest BCUT2D eigenvalue weighted by molar-refractivity contribution is 4.79. The van der Waals surface area contributed by atoms with Crippen LogP contribution in [0.5, 0.6) is 0 Å². The molecule has 0 amide bonds. The summed E-state index contributed by atoms with van der Waals surface area (Å²) in [5.41, 5.74) is 0. The monoisotopic (exact) mass is 256 g/mol. The molecule has 2 fully saturated rings. The molecular weight excluding hydrogens is 228 g/mol. The zero-order chi connectivity index (χ0) is 12.6. The van der Waals surface area contributed by atoms with Gasteiger partial charge in [-0.05, 0) is 44.8 Å². The molecule has 106 valence electrons. The fourth-order valence-electron chi connectivity index (χ4n) is 3.13. The van der Waals surface area contributed by atoms with Gasteiger partial charge in [-0.15, -0.1) is 0 Å². The lowest BCUT2D eigenvalue weighted by atomic mass is 10.1. The Morgan fingerprint density at radius 3 is 2.61 bits per heavy atom. The van der Waals surface area contributed by atoms with Crippen molar-refractivity contribution in [3.05, 3.63) is 0 Å². The van der Waals surface area contributed by atoms with E-state index in [0.717, 1.165) is 19.1 Å². The van der Waals surface area contributed by atoms with Crippen molar-refractivity contribution in [2.45, 2.75) is 25.7 Å². The van der Waals surface area contributed by atoms with Gasteiger partial charge in [-0.2, -0.15) is 0 Å². The van der Waals surface area contributed by atoms with E-state index in [9.17, 15) is 0 Å². The second kappa shape index (κ2) is 8.10. The molecule has 0 aromatic heterocycles. The minimum absolute atomic E-state index is 0.136. The average Bonchev–Trinajstić information content (AvgIpc) is 2.84. The molecule has 4 heteroatoms. The minimum atomic E-state index is 0.136. The Labute approximate surface area is 111 Å². The van der Waals surface area contributed by atoms with Gasteiger partial charge in [0.2, 0.25) is 0 Å². The number of nitrogens with zero attached hydrogens (tertiary/aromatic N) is 2. The highest BCUT2D eigenvalue weighted by Crippen LogP contribution is 2.19. The second-order valence-electron chi connectivity index (χ2n) is 5.65. The Bertz CT molecular complexity index is 220. The number of aliphatic hydroxyl groups excluding tert-OH is 1. The van der Waals surface area contributed by atoms with Gasteiger partial charge < -0.3 is 19.6 Å². The van der Waals surface area contributed by atoms with Crippen LogP contribution < -0.4 is 0 Å². The first kappa shape index (κ1) is 14.3. The molecule has 0 spiro atoms. The zero-order valence-corrected chi connectivity index (χ0v) is 11.5. The maximum atomic E-state index is 8.64. The zero-order valence-electron chi connectivity index (χ0n) is 11.5. The number of rotatable bonds is 7. The summed E-state index contributed by atoms with van der Waals surface area (Å²) < 4.78 is 5.33. The number of likely N-dealkylation sites (tertiary alicyclic amines) is 2. The lowest BCUT2D eigenvalue weighted by Gasteiger charge is -2.29. The summed E-state index contributed by atoms with van der Waals surface area (Å²) in [6, 6.07) is 0. The van der Waals surface area contributed by atoms with Crippen molar-refractivity contribution in [3.8, 4) is 0 Å². The second-order valence-corrected chi connectivity index (χ2v) is 5.65. The van der Waals surface area contributed by atoms with E-state index >= 15 is 0 Å². The molecule has 0 aliphatic carbocycles. The lowest BCUT2D eigenvalue weighted by Crippen LogP contribution is -2.35. The summed E-state index contributed by atoms with van der Waals surface area (Å²) in [5, 5.41) is 8.64. The van der Waals surface area contributed by atoms with Crippen LogP contribution in [0.4, 0.5) is 0 Å². The van der Waals surface area contributed by atoms with Gasteiger partial charge in [0.1, 0.15) is 0 Å². The van der Waals surface area contributed by atoms with E-state index in [-0.39, 0.29) is 6.61 Å². The van der Waals surface area contributed by atoms with Crippen molar-refractivity contribution < 1.29 is 9.84 Å². The Morgan fingerprint density at radius 2 is 1.83 bits per heavy atom. The summed E-state index contributed by atoms with van der Waals surface area (Å²) >= 11 is 0. The largest absolute Gasteiger partial charge is 0.394 e. The van der Waals surface area contributed by atoms with E-state index in [1.54, 1.807) is 0 Å². The van der Waals surface area contributed by atoms with Gasteiger partial charge in [0.05, 0.1) is 19.8 Å². The third kappa shape index (κ3) is 4.84. The van der Waals surface area contributed by atoms with Crippen molar-refractivity contribution in [1.82, 2.24) is 9.80 Å². The molecule has 2 aliphatic heterocycles. The first-order chi connectivity index (χ1) is 8.88. The number of piperidine rings is 1. The number of hydrogen-bond donors (Lipinski definition) is 1. The molecule has 4 nitrogen and oxygen atoms in total. The van der Waals surface area contributed by atoms with E-state index in [0.29, 0.717) is 6.61 Å². The number of hydrogen-bond acceptors (Lipinski definition) is 4. The molecule has 2 heterocycles. The summed E-state index contributed by atoms with van der Waals surface area (Å²) in [5.74, 6) is 0.862. The fourth-order valence-corrected chi connectivity index (χ4v) is 3.13. The van der Waals surface area contributed by atoms with Crippen LogP contribution in [0.25, 0.3) is 0 Å². The van der Waals surface area contributed by atoms with Gasteiger partial charge >= 0.3 is 0 Å². The molecule has 2 rings (SSSR count). The smallest absolute Gasteiger partial charge is 0.0698 e. The SMILES string of the molecule is OCCOCCN1CCC(CN2CCCCC2)C1. The van der Waals surface area contributed by atoms with E-state index in [1.807, 2.05) is 0 Å². The van der Waals surface area contributed by atoms with E-state index in [4.69, 9.17) is 9.84 Å². The van der Waals surface area contributed by atoms with Crippen LogP contribution >= 0.6 is 0 Å². The first-order valence-electron chi connectivity index (χ1n) is 7.52. The molecule has 0 radical (unpaired) electrons. The molecule has 2 saturated heterocycles. The summed E-state index contributed by atoms with van der Waals surface area (Å²) in [6.07, 6.45) is 5.56. The van der Waals surface area contributed by atoms with Crippen molar-refractivity contribution in [2.75, 3.05) is 59.1 Å². The highest BCUT2D eigenvalue weighted by Gasteiger charge is 2.24. The molecule has 2 aliphatic rings. The van der Waals surface area contributed by atoms with Gasteiger partial charge in [-0.3, -0.25) is 0 Å². The van der Waals surface area contributed by atoms with E-state index in [1.165, 1.54) is 58.4 Å². The van der Waals surface area contributed by atoms with Crippen LogP contribution in [0, 0.1) is 5.92 Å². The summed E-state index contributed by atoms with van der Waals surface area (Å²) in [7, 11) is 0. The van der Waals surface area contributed by atoms with Crippen LogP contribution in [-0.2, 0) is 4.74 Å². The normalized spacial score (nSPS) is 26.8. The van der Waals surface area contributed by atoms with Gasteiger partial charge in [0.25, 0.3) is 0 Å². The number of aliphatic hydroxyl groups is 1. The summed E-state index contributed by atoms with van der Waals surface area (Å²) in [4.78, 5) is 5.16. The van der Waals surface area contributed by atoms with Crippen LogP contribution in [-0.4, -0.2) is 74.0 Å². The van der Waals surface area contributed by atoms with Gasteiger partial charge in [-0.1, -0.05) is 6.42 Å². The van der Waals surface area contributed by atoms with Crippen molar-refractivity contribution in [1.29, 1.82) is 0 Å². The predicted octanol–water partition coefficient (Wildman–Crippen LogP) is 0.803. The van der Waals surface area contributed by atoms with E-state index in [2.05, 4.69) is 9.80 Å². The molecule has 0 saturated carbocycles. The van der Waals surface area contributed by atoms with Crippen LogP contribution in [0.1, 0.15) is 25.7 Å². The molecule has 0 bridgehead atoms. The maximum Gasteiger partial charge on any atom is 0.0698 e. The molecule has 18 heavy (non-hydrogen) atoms. The average molecular weight is 256 g/mol. The molecule has 1 N–H and O–H groups in total. The Balaban J connectivity index is 1.56. The van der Waals surface area contributed by atoms with Crippen molar-refractivity contribution >= 4 is 0 Å². The van der Waals surface area contributed by atoms with Gasteiger partial charge in [0.15, 0.2) is 0 Å². The van der Waals surface area contributed by atoms with Gasteiger partial charge in [0, 0.05) is 19.6 Å². The fraction of sp³-hybridized carbons (Fsp3) is 1.00. The Kier molecular flexibility index (Phi) is 6.41. The Hall–Kier alpha value is -0.160. The molecule has 0 aromatic carbocycles. The van der Waals surface area contributed by atoms with Crippen molar-refractivity contribution in [2.24, 2.45) is 5.92 Å². The van der Waals surface area contributed by atoms with Gasteiger partial charge in [-0.25, -0.2) is 0 Å². The number of ether oxygens (including phenoxy) is 1. The lowest BCUT2D eigenvalue weighted by molar-refractivity contribution is 0.0769. The quantitative estimate of drug-likeness (QED) is 0.684. The summed E-state index contributed by atoms with van der Waals surface area (Å²) in [6.45, 7) is 8.79. The standard InChI is InChI=1S/C14H28N2O2/c17-9-11-18-10-8-16-7-4-14(13-16)12-15-5-2-1-3-6-15/h14,17H,1-13H2.